The van der Waals surface area contributed by atoms with Crippen LogP contribution < -0.4 is 5.32 Å². The largest absolute Gasteiger partial charge is 0.310 e. The van der Waals surface area contributed by atoms with E-state index in [4.69, 9.17) is 0 Å². The number of aromatic nitrogens is 4. The molecule has 1 N–H and O–H groups in total. The molecule has 0 aliphatic carbocycles. The first-order chi connectivity index (χ1) is 11.9. The van der Waals surface area contributed by atoms with E-state index in [0.717, 1.165) is 16.5 Å². The standard InChI is InChI=1S/C18H21N5OS/c1-12-7-13(2)9-15(8-12)23-6-5-19-18(23)25-11-17(24)20-16-10-14(3)21-22(16)4/h5-10H,11H2,1-4H3,(H,20,24). The lowest BCUT2D eigenvalue weighted by Crippen LogP contribution is -2.16. The molecule has 7 heteroatoms. The van der Waals surface area contributed by atoms with Crippen LogP contribution in [0.2, 0.25) is 0 Å². The number of imidazole rings is 1. The molecule has 1 amide bonds. The van der Waals surface area contributed by atoms with E-state index in [2.05, 4.69) is 47.4 Å². The lowest BCUT2D eigenvalue weighted by atomic mass is 10.1. The summed E-state index contributed by atoms with van der Waals surface area (Å²) in [6.45, 7) is 6.04. The second-order valence-electron chi connectivity index (χ2n) is 6.06. The van der Waals surface area contributed by atoms with Gasteiger partial charge in [-0.05, 0) is 44.0 Å². The van der Waals surface area contributed by atoms with Crippen molar-refractivity contribution < 1.29 is 4.79 Å². The van der Waals surface area contributed by atoms with E-state index in [9.17, 15) is 4.79 Å². The number of nitrogens with one attached hydrogen (secondary N) is 1. The molecule has 0 fully saturated rings. The average Bonchev–Trinajstić information content (AvgIpc) is 3.11. The fourth-order valence-corrected chi connectivity index (χ4v) is 3.49. The van der Waals surface area contributed by atoms with Crippen LogP contribution in [0.3, 0.4) is 0 Å². The van der Waals surface area contributed by atoms with Crippen molar-refractivity contribution in [2.75, 3.05) is 11.1 Å². The van der Waals surface area contributed by atoms with E-state index in [1.54, 1.807) is 10.9 Å². The molecule has 0 spiro atoms. The minimum Gasteiger partial charge on any atom is -0.310 e. The van der Waals surface area contributed by atoms with Gasteiger partial charge >= 0.3 is 0 Å². The van der Waals surface area contributed by atoms with Crippen LogP contribution in [-0.2, 0) is 11.8 Å². The summed E-state index contributed by atoms with van der Waals surface area (Å²) in [6.07, 6.45) is 3.67. The van der Waals surface area contributed by atoms with Crippen LogP contribution in [0, 0.1) is 20.8 Å². The third-order valence-electron chi connectivity index (χ3n) is 3.69. The molecule has 1 aromatic carbocycles. The van der Waals surface area contributed by atoms with Gasteiger partial charge in [-0.15, -0.1) is 0 Å². The zero-order chi connectivity index (χ0) is 18.0. The van der Waals surface area contributed by atoms with Gasteiger partial charge in [0.15, 0.2) is 5.16 Å². The second-order valence-corrected chi connectivity index (χ2v) is 7.00. The molecular formula is C18H21N5OS. The summed E-state index contributed by atoms with van der Waals surface area (Å²) >= 11 is 1.41. The summed E-state index contributed by atoms with van der Waals surface area (Å²) < 4.78 is 3.67. The number of carbonyl (C=O) groups is 1. The average molecular weight is 355 g/mol. The van der Waals surface area contributed by atoms with Gasteiger partial charge in [-0.25, -0.2) is 4.98 Å². The van der Waals surface area contributed by atoms with Gasteiger partial charge in [-0.1, -0.05) is 17.8 Å². The van der Waals surface area contributed by atoms with Crippen LogP contribution in [-0.4, -0.2) is 31.0 Å². The normalized spacial score (nSPS) is 10.9. The van der Waals surface area contributed by atoms with E-state index in [1.165, 1.54) is 22.9 Å². The summed E-state index contributed by atoms with van der Waals surface area (Å²) in [7, 11) is 1.81. The zero-order valence-electron chi connectivity index (χ0n) is 14.8. The Labute approximate surface area is 151 Å². The van der Waals surface area contributed by atoms with Crippen molar-refractivity contribution in [3.63, 3.8) is 0 Å². The van der Waals surface area contributed by atoms with Crippen molar-refractivity contribution in [3.05, 3.63) is 53.5 Å². The molecule has 0 unspecified atom stereocenters. The first-order valence-corrected chi connectivity index (χ1v) is 8.96. The van der Waals surface area contributed by atoms with Gasteiger partial charge in [0.25, 0.3) is 0 Å². The maximum Gasteiger partial charge on any atom is 0.235 e. The Morgan fingerprint density at radius 3 is 2.52 bits per heavy atom. The number of rotatable bonds is 5. The second kappa shape index (κ2) is 7.14. The molecule has 6 nitrogen and oxygen atoms in total. The third kappa shape index (κ3) is 4.11. The van der Waals surface area contributed by atoms with E-state index < -0.39 is 0 Å². The van der Waals surface area contributed by atoms with E-state index in [1.807, 2.05) is 30.8 Å². The molecule has 3 rings (SSSR count). The van der Waals surface area contributed by atoms with Crippen LogP contribution in [0.5, 0.6) is 0 Å². The Kier molecular flexibility index (Phi) is 4.94. The number of thioether (sulfide) groups is 1. The Bertz CT molecular complexity index is 892. The van der Waals surface area contributed by atoms with Crippen LogP contribution in [0.4, 0.5) is 5.82 Å². The fourth-order valence-electron chi connectivity index (χ4n) is 2.72. The number of amides is 1. The summed E-state index contributed by atoms with van der Waals surface area (Å²) in [4.78, 5) is 16.6. The Balaban J connectivity index is 1.69. The Hall–Kier alpha value is -2.54. The lowest BCUT2D eigenvalue weighted by molar-refractivity contribution is -0.113. The number of benzene rings is 1. The highest BCUT2D eigenvalue weighted by molar-refractivity contribution is 7.99. The van der Waals surface area contributed by atoms with Crippen molar-refractivity contribution in [3.8, 4) is 5.69 Å². The highest BCUT2D eigenvalue weighted by Gasteiger charge is 2.11. The smallest absolute Gasteiger partial charge is 0.235 e. The Morgan fingerprint density at radius 2 is 1.88 bits per heavy atom. The number of hydrogen-bond donors (Lipinski definition) is 1. The number of anilines is 1. The molecule has 2 heterocycles. The van der Waals surface area contributed by atoms with Gasteiger partial charge in [0.1, 0.15) is 5.82 Å². The molecule has 0 aliphatic rings. The molecule has 25 heavy (non-hydrogen) atoms. The summed E-state index contributed by atoms with van der Waals surface area (Å²) in [5.41, 5.74) is 4.32. The summed E-state index contributed by atoms with van der Waals surface area (Å²) in [5, 5.41) is 7.89. The molecule has 0 saturated carbocycles. The van der Waals surface area contributed by atoms with Crippen molar-refractivity contribution >= 4 is 23.5 Å². The Morgan fingerprint density at radius 1 is 1.16 bits per heavy atom. The van der Waals surface area contributed by atoms with Crippen LogP contribution in [0.15, 0.2) is 41.8 Å². The zero-order valence-corrected chi connectivity index (χ0v) is 15.6. The van der Waals surface area contributed by atoms with Crippen molar-refractivity contribution in [1.29, 1.82) is 0 Å². The van der Waals surface area contributed by atoms with Crippen molar-refractivity contribution in [2.24, 2.45) is 7.05 Å². The molecule has 3 aromatic rings. The highest BCUT2D eigenvalue weighted by atomic mass is 32.2. The maximum absolute atomic E-state index is 12.2. The maximum atomic E-state index is 12.2. The molecule has 0 aliphatic heterocycles. The monoisotopic (exact) mass is 355 g/mol. The molecule has 0 bridgehead atoms. The van der Waals surface area contributed by atoms with Crippen molar-refractivity contribution in [1.82, 2.24) is 19.3 Å². The fraction of sp³-hybridized carbons (Fsp3) is 0.278. The van der Waals surface area contributed by atoms with E-state index in [0.29, 0.717) is 5.82 Å². The van der Waals surface area contributed by atoms with E-state index >= 15 is 0 Å². The minimum absolute atomic E-state index is 0.0806. The number of carbonyl (C=O) groups excluding carboxylic acids is 1. The highest BCUT2D eigenvalue weighted by Crippen LogP contribution is 2.22. The van der Waals surface area contributed by atoms with E-state index in [-0.39, 0.29) is 11.7 Å². The molecule has 2 aromatic heterocycles. The van der Waals surface area contributed by atoms with Gasteiger partial charge in [-0.2, -0.15) is 5.10 Å². The first-order valence-electron chi connectivity index (χ1n) is 7.97. The topological polar surface area (TPSA) is 64.7 Å². The molecule has 0 saturated heterocycles. The minimum atomic E-state index is -0.0806. The first kappa shape index (κ1) is 17.3. The third-order valence-corrected chi connectivity index (χ3v) is 4.66. The summed E-state index contributed by atoms with van der Waals surface area (Å²) in [5.74, 6) is 0.898. The van der Waals surface area contributed by atoms with Gasteiger partial charge in [0, 0.05) is 31.2 Å². The quantitative estimate of drug-likeness (QED) is 0.714. The predicted octanol–water partition coefficient (Wildman–Crippen LogP) is 3.26. The van der Waals surface area contributed by atoms with Crippen molar-refractivity contribution in [2.45, 2.75) is 25.9 Å². The van der Waals surface area contributed by atoms with Gasteiger partial charge < -0.3 is 5.32 Å². The SMILES string of the molecule is Cc1cc(C)cc(-n2ccnc2SCC(=O)Nc2cc(C)nn2C)c1. The van der Waals surface area contributed by atoms with Gasteiger partial charge in [-0.3, -0.25) is 14.0 Å². The van der Waals surface area contributed by atoms with Crippen LogP contribution in [0.25, 0.3) is 5.69 Å². The number of nitrogens with zero attached hydrogens (tertiary/aromatic N) is 4. The predicted molar refractivity (Wildman–Crippen MR) is 100 cm³/mol. The molecule has 0 atom stereocenters. The number of aryl methyl sites for hydroxylation is 4. The van der Waals surface area contributed by atoms with Gasteiger partial charge in [0.2, 0.25) is 5.91 Å². The number of hydrogen-bond acceptors (Lipinski definition) is 4. The molecular weight excluding hydrogens is 334 g/mol. The molecule has 130 valence electrons. The molecule has 0 radical (unpaired) electrons. The van der Waals surface area contributed by atoms with Crippen LogP contribution >= 0.6 is 11.8 Å². The van der Waals surface area contributed by atoms with Crippen LogP contribution in [0.1, 0.15) is 16.8 Å². The lowest BCUT2D eigenvalue weighted by Gasteiger charge is -2.10. The van der Waals surface area contributed by atoms with Gasteiger partial charge in [0.05, 0.1) is 11.4 Å². The summed E-state index contributed by atoms with van der Waals surface area (Å²) in [6, 6.07) is 8.20.